The third-order valence-electron chi connectivity index (χ3n) is 2.32. The zero-order valence-electron chi connectivity index (χ0n) is 8.94. The number of nitriles is 1. The first kappa shape index (κ1) is 11.7. The third-order valence-corrected chi connectivity index (χ3v) is 3.27. The van der Waals surface area contributed by atoms with Gasteiger partial charge in [-0.2, -0.15) is 5.26 Å². The summed E-state index contributed by atoms with van der Waals surface area (Å²) in [5.41, 5.74) is 8.65. The average Bonchev–Trinajstić information content (AvgIpc) is 2.32. The van der Waals surface area contributed by atoms with Crippen LogP contribution in [-0.2, 0) is 0 Å². The van der Waals surface area contributed by atoms with Crippen LogP contribution in [0.15, 0.2) is 42.5 Å². The summed E-state index contributed by atoms with van der Waals surface area (Å²) in [5, 5.41) is 12.1. The van der Waals surface area contributed by atoms with E-state index in [1.807, 2.05) is 36.4 Å². The zero-order valence-corrected chi connectivity index (χ0v) is 11.1. The smallest absolute Gasteiger partial charge is 0.101 e. The molecule has 84 valence electrons. The lowest BCUT2D eigenvalue weighted by molar-refractivity contribution is 1.47. The van der Waals surface area contributed by atoms with Gasteiger partial charge in [0.1, 0.15) is 6.07 Å². The van der Waals surface area contributed by atoms with Crippen LogP contribution in [0.3, 0.4) is 0 Å². The molecule has 3 nitrogen and oxygen atoms in total. The lowest BCUT2D eigenvalue weighted by atomic mass is 10.2. The Hall–Kier alpha value is -1.74. The molecule has 4 heteroatoms. The van der Waals surface area contributed by atoms with Gasteiger partial charge >= 0.3 is 0 Å². The van der Waals surface area contributed by atoms with E-state index in [-0.39, 0.29) is 0 Å². The van der Waals surface area contributed by atoms with Gasteiger partial charge in [0.25, 0.3) is 0 Å². The fourth-order valence-electron chi connectivity index (χ4n) is 1.46. The van der Waals surface area contributed by atoms with Crippen molar-refractivity contribution in [1.82, 2.24) is 0 Å². The Morgan fingerprint density at radius 2 is 1.94 bits per heavy atom. The highest BCUT2D eigenvalue weighted by Gasteiger charge is 2.02. The van der Waals surface area contributed by atoms with Gasteiger partial charge in [0.2, 0.25) is 0 Å². The highest BCUT2D eigenvalue weighted by atomic mass is 127. The highest BCUT2D eigenvalue weighted by Crippen LogP contribution is 2.24. The molecule has 0 aliphatic rings. The monoisotopic (exact) mass is 335 g/mol. The highest BCUT2D eigenvalue weighted by molar-refractivity contribution is 14.1. The second-order valence-corrected chi connectivity index (χ2v) is 4.68. The Kier molecular flexibility index (Phi) is 3.49. The maximum Gasteiger partial charge on any atom is 0.101 e. The minimum absolute atomic E-state index is 0.489. The van der Waals surface area contributed by atoms with E-state index in [4.69, 9.17) is 11.0 Å². The van der Waals surface area contributed by atoms with Crippen LogP contribution in [0.2, 0.25) is 0 Å². The van der Waals surface area contributed by atoms with Crippen molar-refractivity contribution in [3.63, 3.8) is 0 Å². The molecule has 0 atom stereocenters. The van der Waals surface area contributed by atoms with Crippen LogP contribution in [0.5, 0.6) is 0 Å². The SMILES string of the molecule is N#Cc1ccc(Nc2ccccc2I)cc1N. The van der Waals surface area contributed by atoms with Crippen molar-refractivity contribution in [2.75, 3.05) is 11.1 Å². The van der Waals surface area contributed by atoms with Crippen molar-refractivity contribution in [3.05, 3.63) is 51.6 Å². The number of nitrogens with one attached hydrogen (secondary N) is 1. The second-order valence-electron chi connectivity index (χ2n) is 3.52. The van der Waals surface area contributed by atoms with Crippen LogP contribution < -0.4 is 11.1 Å². The zero-order chi connectivity index (χ0) is 12.3. The van der Waals surface area contributed by atoms with E-state index >= 15 is 0 Å². The maximum absolute atomic E-state index is 8.79. The molecule has 0 bridgehead atoms. The lowest BCUT2D eigenvalue weighted by Crippen LogP contribution is -1.96. The Labute approximate surface area is 113 Å². The van der Waals surface area contributed by atoms with Gasteiger partial charge in [-0.3, -0.25) is 0 Å². The molecule has 0 heterocycles. The standard InChI is InChI=1S/C13H10IN3/c14-11-3-1-2-4-13(11)17-10-6-5-9(8-15)12(16)7-10/h1-7,17H,16H2. The number of nitrogens with two attached hydrogens (primary N) is 1. The normalized spacial score (nSPS) is 9.65. The van der Waals surface area contributed by atoms with Gasteiger partial charge in [0, 0.05) is 9.26 Å². The van der Waals surface area contributed by atoms with Crippen molar-refractivity contribution in [2.45, 2.75) is 0 Å². The molecule has 0 amide bonds. The number of rotatable bonds is 2. The van der Waals surface area contributed by atoms with Crippen LogP contribution in [0.4, 0.5) is 17.1 Å². The van der Waals surface area contributed by atoms with Crippen molar-refractivity contribution in [2.24, 2.45) is 0 Å². The number of nitrogen functional groups attached to an aromatic ring is 1. The second kappa shape index (κ2) is 5.06. The van der Waals surface area contributed by atoms with E-state index in [2.05, 4.69) is 27.9 Å². The molecule has 0 aliphatic heterocycles. The Bertz CT molecular complexity index is 587. The summed E-state index contributed by atoms with van der Waals surface area (Å²) in [6, 6.07) is 15.3. The van der Waals surface area contributed by atoms with Gasteiger partial charge < -0.3 is 11.1 Å². The van der Waals surface area contributed by atoms with E-state index in [1.165, 1.54) is 0 Å². The number of anilines is 3. The molecule has 3 N–H and O–H groups in total. The lowest BCUT2D eigenvalue weighted by Gasteiger charge is -2.09. The number of para-hydroxylation sites is 1. The van der Waals surface area contributed by atoms with Gasteiger partial charge in [-0.05, 0) is 52.9 Å². The molecule has 17 heavy (non-hydrogen) atoms. The van der Waals surface area contributed by atoms with Gasteiger partial charge in [0.15, 0.2) is 0 Å². The predicted octanol–water partition coefficient (Wildman–Crippen LogP) is 3.49. The summed E-state index contributed by atoms with van der Waals surface area (Å²) in [6.07, 6.45) is 0. The van der Waals surface area contributed by atoms with Gasteiger partial charge in [-0.1, -0.05) is 12.1 Å². The predicted molar refractivity (Wildman–Crippen MR) is 78.0 cm³/mol. The first-order valence-electron chi connectivity index (χ1n) is 5.02. The molecule has 0 aromatic heterocycles. The Morgan fingerprint density at radius 1 is 1.18 bits per heavy atom. The topological polar surface area (TPSA) is 61.8 Å². The summed E-state index contributed by atoms with van der Waals surface area (Å²) in [5.74, 6) is 0. The van der Waals surface area contributed by atoms with Gasteiger partial charge in [-0.15, -0.1) is 0 Å². The maximum atomic E-state index is 8.79. The van der Waals surface area contributed by atoms with E-state index in [9.17, 15) is 0 Å². The molecule has 2 rings (SSSR count). The Morgan fingerprint density at radius 3 is 2.59 bits per heavy atom. The summed E-state index contributed by atoms with van der Waals surface area (Å²) >= 11 is 2.26. The van der Waals surface area contributed by atoms with Crippen molar-refractivity contribution in [1.29, 1.82) is 5.26 Å². The first-order chi connectivity index (χ1) is 8.20. The summed E-state index contributed by atoms with van der Waals surface area (Å²) in [6.45, 7) is 0. The van der Waals surface area contributed by atoms with E-state index in [1.54, 1.807) is 12.1 Å². The molecule has 0 saturated carbocycles. The number of hydrogen-bond acceptors (Lipinski definition) is 3. The van der Waals surface area contributed by atoms with Gasteiger partial charge in [0.05, 0.1) is 16.9 Å². The van der Waals surface area contributed by atoms with Crippen molar-refractivity contribution in [3.8, 4) is 6.07 Å². The minimum atomic E-state index is 0.489. The van der Waals surface area contributed by atoms with Crippen LogP contribution in [0, 0.1) is 14.9 Å². The van der Waals surface area contributed by atoms with Crippen molar-refractivity contribution >= 4 is 39.7 Å². The molecule has 0 unspecified atom stereocenters. The largest absolute Gasteiger partial charge is 0.398 e. The van der Waals surface area contributed by atoms with Crippen LogP contribution in [-0.4, -0.2) is 0 Å². The molecule has 2 aromatic rings. The molecular weight excluding hydrogens is 325 g/mol. The first-order valence-corrected chi connectivity index (χ1v) is 6.10. The minimum Gasteiger partial charge on any atom is -0.398 e. The summed E-state index contributed by atoms with van der Waals surface area (Å²) in [7, 11) is 0. The van der Waals surface area contributed by atoms with Crippen molar-refractivity contribution < 1.29 is 0 Å². The summed E-state index contributed by atoms with van der Waals surface area (Å²) in [4.78, 5) is 0. The van der Waals surface area contributed by atoms with E-state index < -0.39 is 0 Å². The molecular formula is C13H10IN3. The third kappa shape index (κ3) is 2.68. The molecule has 0 radical (unpaired) electrons. The average molecular weight is 335 g/mol. The van der Waals surface area contributed by atoms with E-state index in [0.717, 1.165) is 14.9 Å². The van der Waals surface area contributed by atoms with E-state index in [0.29, 0.717) is 11.3 Å². The van der Waals surface area contributed by atoms with Crippen LogP contribution >= 0.6 is 22.6 Å². The fourth-order valence-corrected chi connectivity index (χ4v) is 1.98. The number of benzene rings is 2. The number of nitrogens with zero attached hydrogens (tertiary/aromatic N) is 1. The number of hydrogen-bond donors (Lipinski definition) is 2. The molecule has 0 saturated heterocycles. The molecule has 0 fully saturated rings. The fraction of sp³-hybridized carbons (Fsp3) is 0. The number of halogens is 1. The molecule has 0 spiro atoms. The van der Waals surface area contributed by atoms with Crippen LogP contribution in [0.1, 0.15) is 5.56 Å². The molecule has 0 aliphatic carbocycles. The van der Waals surface area contributed by atoms with Crippen LogP contribution in [0.25, 0.3) is 0 Å². The quantitative estimate of drug-likeness (QED) is 0.652. The summed E-state index contributed by atoms with van der Waals surface area (Å²) < 4.78 is 1.13. The molecule has 2 aromatic carbocycles. The Balaban J connectivity index is 2.29. The van der Waals surface area contributed by atoms with Gasteiger partial charge in [-0.25, -0.2) is 0 Å².